The summed E-state index contributed by atoms with van der Waals surface area (Å²) in [5, 5.41) is 0. The summed E-state index contributed by atoms with van der Waals surface area (Å²) in [5.74, 6) is 5.58. The Morgan fingerprint density at radius 2 is 2.12 bits per heavy atom. The van der Waals surface area contributed by atoms with Gasteiger partial charge in [0.05, 0.1) is 0 Å². The van der Waals surface area contributed by atoms with Crippen LogP contribution >= 0.6 is 0 Å². The molecule has 16 heavy (non-hydrogen) atoms. The van der Waals surface area contributed by atoms with Crippen LogP contribution in [0.2, 0.25) is 0 Å². The summed E-state index contributed by atoms with van der Waals surface area (Å²) in [6, 6.07) is 4.38. The summed E-state index contributed by atoms with van der Waals surface area (Å²) in [5.41, 5.74) is 5.11. The fraction of sp³-hybridized carbons (Fsp3) is 0.615. The number of nitrogens with zero attached hydrogens (tertiary/aromatic N) is 1. The molecule has 1 rings (SSSR count). The first-order valence-corrected chi connectivity index (χ1v) is 6.16. The van der Waals surface area contributed by atoms with Crippen molar-refractivity contribution < 1.29 is 0 Å². The Labute approximate surface area is 98.4 Å². The molecule has 1 atom stereocenters. The van der Waals surface area contributed by atoms with Gasteiger partial charge in [-0.3, -0.25) is 16.3 Å². The lowest BCUT2D eigenvalue weighted by atomic mass is 10.0. The van der Waals surface area contributed by atoms with Crippen LogP contribution < -0.4 is 11.3 Å². The number of hydrogen-bond acceptors (Lipinski definition) is 3. The van der Waals surface area contributed by atoms with Gasteiger partial charge in [-0.15, -0.1) is 0 Å². The second kappa shape index (κ2) is 7.36. The lowest BCUT2D eigenvalue weighted by molar-refractivity contribution is 0.481. The summed E-state index contributed by atoms with van der Waals surface area (Å²) in [6.45, 7) is 4.22. The Balaban J connectivity index is 2.44. The molecule has 0 aromatic carbocycles. The van der Waals surface area contributed by atoms with Crippen molar-refractivity contribution in [1.29, 1.82) is 0 Å². The topological polar surface area (TPSA) is 50.9 Å². The highest BCUT2D eigenvalue weighted by Crippen LogP contribution is 2.18. The van der Waals surface area contributed by atoms with Gasteiger partial charge < -0.3 is 0 Å². The number of pyridine rings is 1. The van der Waals surface area contributed by atoms with Crippen molar-refractivity contribution >= 4 is 0 Å². The standard InChI is InChI=1S/C13H23N3/c1-3-4-5-6-7-13(16-14)12-9-8-11(2)15-10-12/h8-10,13,16H,3-7,14H2,1-2H3. The zero-order valence-corrected chi connectivity index (χ0v) is 10.4. The zero-order valence-electron chi connectivity index (χ0n) is 10.4. The molecule has 0 saturated carbocycles. The molecule has 0 spiro atoms. The summed E-state index contributed by atoms with van der Waals surface area (Å²) in [6.07, 6.45) is 8.09. The van der Waals surface area contributed by atoms with E-state index in [-0.39, 0.29) is 6.04 Å². The molecule has 0 amide bonds. The predicted octanol–water partition coefficient (Wildman–Crippen LogP) is 2.86. The third kappa shape index (κ3) is 4.29. The minimum atomic E-state index is 0.241. The molecule has 0 aliphatic heterocycles. The molecule has 0 radical (unpaired) electrons. The van der Waals surface area contributed by atoms with Gasteiger partial charge in [0, 0.05) is 17.9 Å². The Bertz CT molecular complexity index is 282. The van der Waals surface area contributed by atoms with Gasteiger partial charge in [0.1, 0.15) is 0 Å². The van der Waals surface area contributed by atoms with Crippen LogP contribution in [0.5, 0.6) is 0 Å². The van der Waals surface area contributed by atoms with Gasteiger partial charge >= 0.3 is 0 Å². The Morgan fingerprint density at radius 1 is 1.31 bits per heavy atom. The number of hydrogen-bond donors (Lipinski definition) is 2. The van der Waals surface area contributed by atoms with E-state index in [0.717, 1.165) is 12.1 Å². The SMILES string of the molecule is CCCCCCC(NN)c1ccc(C)nc1. The minimum absolute atomic E-state index is 0.241. The van der Waals surface area contributed by atoms with Gasteiger partial charge in [0.2, 0.25) is 0 Å². The molecule has 0 aliphatic carbocycles. The molecule has 3 N–H and O–H groups in total. The number of unbranched alkanes of at least 4 members (excludes halogenated alkanes) is 3. The van der Waals surface area contributed by atoms with Crippen molar-refractivity contribution in [3.8, 4) is 0 Å². The first-order valence-electron chi connectivity index (χ1n) is 6.16. The van der Waals surface area contributed by atoms with Crippen molar-refractivity contribution in [2.75, 3.05) is 0 Å². The Kier molecular flexibility index (Phi) is 6.04. The van der Waals surface area contributed by atoms with E-state index in [1.54, 1.807) is 0 Å². The van der Waals surface area contributed by atoms with Crippen molar-refractivity contribution in [3.05, 3.63) is 29.6 Å². The number of nitrogens with two attached hydrogens (primary N) is 1. The summed E-state index contributed by atoms with van der Waals surface area (Å²) < 4.78 is 0. The van der Waals surface area contributed by atoms with E-state index in [2.05, 4.69) is 23.4 Å². The molecular formula is C13H23N3. The van der Waals surface area contributed by atoms with Gasteiger partial charge in [-0.2, -0.15) is 0 Å². The van der Waals surface area contributed by atoms with Crippen LogP contribution in [0.3, 0.4) is 0 Å². The van der Waals surface area contributed by atoms with Gasteiger partial charge in [0.25, 0.3) is 0 Å². The van der Waals surface area contributed by atoms with Crippen LogP contribution in [0.25, 0.3) is 0 Å². The normalized spacial score (nSPS) is 12.7. The van der Waals surface area contributed by atoms with Gasteiger partial charge in [-0.25, -0.2) is 0 Å². The van der Waals surface area contributed by atoms with E-state index in [1.807, 2.05) is 19.2 Å². The first-order chi connectivity index (χ1) is 7.77. The molecule has 3 nitrogen and oxygen atoms in total. The molecule has 1 heterocycles. The second-order valence-electron chi connectivity index (χ2n) is 4.30. The van der Waals surface area contributed by atoms with E-state index >= 15 is 0 Å². The molecule has 0 saturated heterocycles. The lowest BCUT2D eigenvalue weighted by Crippen LogP contribution is -2.28. The largest absolute Gasteiger partial charge is 0.271 e. The van der Waals surface area contributed by atoms with Crippen LogP contribution in [0.4, 0.5) is 0 Å². The smallest absolute Gasteiger partial charge is 0.0475 e. The number of aryl methyl sites for hydroxylation is 1. The molecule has 1 unspecified atom stereocenters. The molecule has 90 valence electrons. The second-order valence-corrected chi connectivity index (χ2v) is 4.30. The van der Waals surface area contributed by atoms with Crippen LogP contribution in [-0.4, -0.2) is 4.98 Å². The fourth-order valence-electron chi connectivity index (χ4n) is 1.81. The van der Waals surface area contributed by atoms with E-state index in [4.69, 9.17) is 5.84 Å². The molecule has 1 aromatic rings. The molecular weight excluding hydrogens is 198 g/mol. The van der Waals surface area contributed by atoms with Gasteiger partial charge in [-0.1, -0.05) is 38.7 Å². The summed E-state index contributed by atoms with van der Waals surface area (Å²) in [4.78, 5) is 4.30. The van der Waals surface area contributed by atoms with Gasteiger partial charge in [-0.05, 0) is 25.0 Å². The maximum atomic E-state index is 5.58. The molecule has 0 bridgehead atoms. The summed E-state index contributed by atoms with van der Waals surface area (Å²) in [7, 11) is 0. The molecule has 0 aliphatic rings. The number of hydrazine groups is 1. The number of nitrogens with one attached hydrogen (secondary N) is 1. The van der Waals surface area contributed by atoms with Crippen LogP contribution in [0.1, 0.15) is 56.3 Å². The van der Waals surface area contributed by atoms with Gasteiger partial charge in [0.15, 0.2) is 0 Å². The maximum Gasteiger partial charge on any atom is 0.0475 e. The van der Waals surface area contributed by atoms with Crippen molar-refractivity contribution in [3.63, 3.8) is 0 Å². The first kappa shape index (κ1) is 13.1. The van der Waals surface area contributed by atoms with E-state index in [0.29, 0.717) is 0 Å². The third-order valence-corrected chi connectivity index (χ3v) is 2.88. The van der Waals surface area contributed by atoms with Crippen molar-refractivity contribution in [2.24, 2.45) is 5.84 Å². The monoisotopic (exact) mass is 221 g/mol. The third-order valence-electron chi connectivity index (χ3n) is 2.88. The molecule has 0 fully saturated rings. The predicted molar refractivity (Wildman–Crippen MR) is 67.8 cm³/mol. The van der Waals surface area contributed by atoms with Crippen LogP contribution in [-0.2, 0) is 0 Å². The van der Waals surface area contributed by atoms with E-state index < -0.39 is 0 Å². The average molecular weight is 221 g/mol. The lowest BCUT2D eigenvalue weighted by Gasteiger charge is -2.15. The quantitative estimate of drug-likeness (QED) is 0.423. The number of rotatable bonds is 7. The molecule has 3 heteroatoms. The van der Waals surface area contributed by atoms with Crippen molar-refractivity contribution in [1.82, 2.24) is 10.4 Å². The zero-order chi connectivity index (χ0) is 11.8. The number of aromatic nitrogens is 1. The van der Waals surface area contributed by atoms with Crippen molar-refractivity contribution in [2.45, 2.75) is 52.0 Å². The highest BCUT2D eigenvalue weighted by atomic mass is 15.2. The van der Waals surface area contributed by atoms with Crippen LogP contribution in [0.15, 0.2) is 18.3 Å². The van der Waals surface area contributed by atoms with E-state index in [1.165, 1.54) is 31.2 Å². The minimum Gasteiger partial charge on any atom is -0.271 e. The fourth-order valence-corrected chi connectivity index (χ4v) is 1.81. The summed E-state index contributed by atoms with van der Waals surface area (Å²) >= 11 is 0. The highest BCUT2D eigenvalue weighted by molar-refractivity contribution is 5.16. The highest BCUT2D eigenvalue weighted by Gasteiger charge is 2.08. The van der Waals surface area contributed by atoms with Crippen LogP contribution in [0, 0.1) is 6.92 Å². The molecule has 1 aromatic heterocycles. The Morgan fingerprint density at radius 3 is 2.69 bits per heavy atom. The Hall–Kier alpha value is -0.930. The maximum absolute atomic E-state index is 5.58. The average Bonchev–Trinajstić information content (AvgIpc) is 2.31. The van der Waals surface area contributed by atoms with E-state index in [9.17, 15) is 0 Å².